The van der Waals surface area contributed by atoms with Crippen LogP contribution in [0.3, 0.4) is 0 Å². The van der Waals surface area contributed by atoms with Crippen LogP contribution in [0.15, 0.2) is 30.5 Å². The Morgan fingerprint density at radius 3 is 2.79 bits per heavy atom. The Balaban J connectivity index is 0.00000136. The molecule has 5 atom stereocenters. The molecule has 1 aromatic carbocycles. The molecule has 1 N–H and O–H groups in total. The standard InChI is InChI=1S/C24H33NO.C2H6/c1-6-7-9-20-14-22(16(20)2)18(4)25-17(3)21-13-12-19-10-8-11-24(26-5)23(19)15-21;1-2/h1,8,10-11,16,18,20-22,25H,3,7,9,12-15H2,2,4-5H3;1-2H3. The molecule has 0 bridgehead atoms. The fourth-order valence-electron chi connectivity index (χ4n) is 5.00. The number of benzene rings is 1. The summed E-state index contributed by atoms with van der Waals surface area (Å²) in [5.74, 6) is 6.60. The molecule has 5 unspecified atom stereocenters. The second-order valence-corrected chi connectivity index (χ2v) is 8.26. The average Bonchev–Trinajstić information content (AvgIpc) is 2.73. The summed E-state index contributed by atoms with van der Waals surface area (Å²) in [5, 5.41) is 3.75. The Morgan fingerprint density at radius 2 is 2.14 bits per heavy atom. The largest absolute Gasteiger partial charge is 0.496 e. The molecule has 28 heavy (non-hydrogen) atoms. The fraction of sp³-hybridized carbons (Fsp3) is 0.615. The first-order valence-electron chi connectivity index (χ1n) is 11.1. The predicted molar refractivity (Wildman–Crippen MR) is 120 cm³/mol. The predicted octanol–water partition coefficient (Wildman–Crippen LogP) is 6.00. The smallest absolute Gasteiger partial charge is 0.122 e. The molecule has 3 rings (SSSR count). The van der Waals surface area contributed by atoms with E-state index in [2.05, 4.69) is 49.9 Å². The maximum atomic E-state index is 5.58. The van der Waals surface area contributed by atoms with Crippen molar-refractivity contribution in [3.8, 4) is 18.1 Å². The minimum Gasteiger partial charge on any atom is -0.496 e. The zero-order valence-corrected chi connectivity index (χ0v) is 18.6. The maximum absolute atomic E-state index is 5.58. The molecule has 0 saturated heterocycles. The summed E-state index contributed by atoms with van der Waals surface area (Å²) < 4.78 is 5.58. The lowest BCUT2D eigenvalue weighted by molar-refractivity contribution is 0.0553. The van der Waals surface area contributed by atoms with Crippen LogP contribution in [-0.2, 0) is 12.8 Å². The molecule has 1 fully saturated rings. The lowest BCUT2D eigenvalue weighted by atomic mass is 9.61. The van der Waals surface area contributed by atoms with Crippen LogP contribution in [-0.4, -0.2) is 13.2 Å². The minimum absolute atomic E-state index is 0.485. The van der Waals surface area contributed by atoms with Crippen LogP contribution in [0.2, 0.25) is 0 Å². The summed E-state index contributed by atoms with van der Waals surface area (Å²) in [6, 6.07) is 6.89. The lowest BCUT2D eigenvalue weighted by Crippen LogP contribution is -2.47. The van der Waals surface area contributed by atoms with Crippen molar-refractivity contribution in [2.75, 3.05) is 7.11 Å². The highest BCUT2D eigenvalue weighted by molar-refractivity contribution is 5.42. The number of hydrogen-bond donors (Lipinski definition) is 1. The number of methoxy groups -OCH3 is 1. The van der Waals surface area contributed by atoms with Gasteiger partial charge in [0, 0.05) is 24.1 Å². The van der Waals surface area contributed by atoms with Crippen molar-refractivity contribution in [1.82, 2.24) is 5.32 Å². The summed E-state index contributed by atoms with van der Waals surface area (Å²) in [6.07, 6.45) is 12.1. The molecule has 2 aliphatic carbocycles. The summed E-state index contributed by atoms with van der Waals surface area (Å²) in [4.78, 5) is 0. The van der Waals surface area contributed by atoms with Crippen LogP contribution in [0.1, 0.15) is 64.5 Å². The molecule has 0 aromatic heterocycles. The molecule has 0 heterocycles. The Kier molecular flexibility index (Phi) is 8.49. The van der Waals surface area contributed by atoms with Crippen molar-refractivity contribution < 1.29 is 4.74 Å². The van der Waals surface area contributed by atoms with Gasteiger partial charge in [0.25, 0.3) is 0 Å². The molecule has 0 radical (unpaired) electrons. The molecule has 1 saturated carbocycles. The topological polar surface area (TPSA) is 21.3 Å². The summed E-state index contributed by atoms with van der Waals surface area (Å²) in [7, 11) is 1.77. The van der Waals surface area contributed by atoms with E-state index in [-0.39, 0.29) is 0 Å². The van der Waals surface area contributed by atoms with E-state index in [0.29, 0.717) is 12.0 Å². The average molecular weight is 382 g/mol. The van der Waals surface area contributed by atoms with Gasteiger partial charge in [-0.05, 0) is 74.0 Å². The van der Waals surface area contributed by atoms with Gasteiger partial charge < -0.3 is 10.1 Å². The fourth-order valence-corrected chi connectivity index (χ4v) is 5.00. The van der Waals surface area contributed by atoms with E-state index in [1.54, 1.807) is 7.11 Å². The first kappa shape index (κ1) is 22.4. The highest BCUT2D eigenvalue weighted by Gasteiger charge is 2.40. The third-order valence-electron chi connectivity index (χ3n) is 6.86. The number of fused-ring (bicyclic) bond motifs is 1. The summed E-state index contributed by atoms with van der Waals surface area (Å²) >= 11 is 0. The molecule has 2 heteroatoms. The Bertz CT molecular complexity index is 672. The Hall–Kier alpha value is -1.88. The number of hydrogen-bond acceptors (Lipinski definition) is 2. The molecule has 0 spiro atoms. The van der Waals surface area contributed by atoms with Crippen LogP contribution < -0.4 is 10.1 Å². The van der Waals surface area contributed by atoms with Gasteiger partial charge in [-0.2, -0.15) is 0 Å². The third kappa shape index (κ3) is 4.93. The van der Waals surface area contributed by atoms with E-state index in [4.69, 9.17) is 11.2 Å². The van der Waals surface area contributed by atoms with Crippen molar-refractivity contribution in [3.05, 3.63) is 41.6 Å². The molecule has 0 aliphatic heterocycles. The van der Waals surface area contributed by atoms with Crippen LogP contribution in [0.4, 0.5) is 0 Å². The van der Waals surface area contributed by atoms with Gasteiger partial charge in [0.1, 0.15) is 5.75 Å². The molecule has 0 amide bonds. The van der Waals surface area contributed by atoms with Crippen molar-refractivity contribution in [2.45, 2.75) is 72.3 Å². The second kappa shape index (κ2) is 10.6. The van der Waals surface area contributed by atoms with Gasteiger partial charge in [0.15, 0.2) is 0 Å². The SMILES string of the molecule is C#CCCC1CC(C(C)NC(=C)C2CCc3cccc(OC)c3C2)C1C.CC. The molecule has 154 valence electrons. The van der Waals surface area contributed by atoms with Crippen LogP contribution in [0.5, 0.6) is 5.75 Å². The van der Waals surface area contributed by atoms with Gasteiger partial charge in [0.05, 0.1) is 7.11 Å². The van der Waals surface area contributed by atoms with Crippen LogP contribution >= 0.6 is 0 Å². The zero-order chi connectivity index (χ0) is 20.7. The van der Waals surface area contributed by atoms with Gasteiger partial charge in [-0.1, -0.05) is 39.5 Å². The van der Waals surface area contributed by atoms with Gasteiger partial charge in [-0.25, -0.2) is 0 Å². The first-order valence-corrected chi connectivity index (χ1v) is 11.1. The van der Waals surface area contributed by atoms with E-state index in [0.717, 1.165) is 42.8 Å². The number of ether oxygens (including phenoxy) is 1. The van der Waals surface area contributed by atoms with E-state index >= 15 is 0 Å². The second-order valence-electron chi connectivity index (χ2n) is 8.26. The van der Waals surface area contributed by atoms with Crippen molar-refractivity contribution in [3.63, 3.8) is 0 Å². The Labute approximate surface area is 173 Å². The van der Waals surface area contributed by atoms with Crippen LogP contribution in [0.25, 0.3) is 0 Å². The normalized spacial score (nSPS) is 26.4. The highest BCUT2D eigenvalue weighted by atomic mass is 16.5. The maximum Gasteiger partial charge on any atom is 0.122 e. The van der Waals surface area contributed by atoms with E-state index in [1.807, 2.05) is 13.8 Å². The molecule has 2 aliphatic rings. The van der Waals surface area contributed by atoms with E-state index < -0.39 is 0 Å². The van der Waals surface area contributed by atoms with Gasteiger partial charge in [0.2, 0.25) is 0 Å². The van der Waals surface area contributed by atoms with Gasteiger partial charge >= 0.3 is 0 Å². The molecule has 2 nitrogen and oxygen atoms in total. The molecular formula is C26H39NO. The van der Waals surface area contributed by atoms with Crippen LogP contribution in [0, 0.1) is 36.0 Å². The molecular weight excluding hydrogens is 342 g/mol. The zero-order valence-electron chi connectivity index (χ0n) is 18.6. The monoisotopic (exact) mass is 381 g/mol. The number of nitrogens with one attached hydrogen (secondary N) is 1. The minimum atomic E-state index is 0.485. The van der Waals surface area contributed by atoms with Crippen molar-refractivity contribution in [2.24, 2.45) is 23.7 Å². The number of allylic oxidation sites excluding steroid dienone is 1. The van der Waals surface area contributed by atoms with E-state index in [1.165, 1.54) is 36.1 Å². The van der Waals surface area contributed by atoms with Gasteiger partial charge in [-0.3, -0.25) is 0 Å². The highest BCUT2D eigenvalue weighted by Crippen LogP contribution is 2.45. The first-order chi connectivity index (χ1) is 13.5. The van der Waals surface area contributed by atoms with E-state index in [9.17, 15) is 0 Å². The quantitative estimate of drug-likeness (QED) is 0.585. The van der Waals surface area contributed by atoms with Crippen molar-refractivity contribution in [1.29, 1.82) is 0 Å². The summed E-state index contributed by atoms with van der Waals surface area (Å²) in [5.41, 5.74) is 4.01. The summed E-state index contributed by atoms with van der Waals surface area (Å²) in [6.45, 7) is 13.1. The van der Waals surface area contributed by atoms with Gasteiger partial charge in [-0.15, -0.1) is 12.3 Å². The van der Waals surface area contributed by atoms with Crippen molar-refractivity contribution >= 4 is 0 Å². The number of terminal acetylenes is 1. The number of rotatable bonds is 7. The number of aryl methyl sites for hydroxylation is 1. The molecule has 1 aromatic rings. The third-order valence-corrected chi connectivity index (χ3v) is 6.86. The lowest BCUT2D eigenvalue weighted by Gasteiger charge is -2.47. The Morgan fingerprint density at radius 1 is 1.39 bits per heavy atom.